The molecule has 2 heterocycles. The molecule has 0 saturated heterocycles. The Morgan fingerprint density at radius 2 is 2.13 bits per heavy atom. The molecule has 0 fully saturated rings. The Kier molecular flexibility index (Phi) is 4.94. The number of aromatic nitrogens is 2. The van der Waals surface area contributed by atoms with E-state index in [2.05, 4.69) is 28.3 Å². The summed E-state index contributed by atoms with van der Waals surface area (Å²) in [6, 6.07) is 7.76. The highest BCUT2D eigenvalue weighted by Crippen LogP contribution is 2.31. The minimum atomic E-state index is -0.938. The highest BCUT2D eigenvalue weighted by Gasteiger charge is 2.10. The smallest absolute Gasteiger partial charge is 0.142 e. The Hall–Kier alpha value is -1.50. The maximum absolute atomic E-state index is 11.5. The standard InChI is InChI=1S/C16H16ClN3OS2/c1-3-12-7-13-15(18-9-19-16(13)22-12)20-11-4-5-14(17)10(6-11)8-23(2)21/h4-7,9H,3,8H2,1-2H3,(H,18,19,20). The largest absolute Gasteiger partial charge is 0.340 e. The van der Waals surface area contributed by atoms with Crippen molar-refractivity contribution in [2.75, 3.05) is 11.6 Å². The number of halogens is 1. The Morgan fingerprint density at radius 1 is 1.30 bits per heavy atom. The summed E-state index contributed by atoms with van der Waals surface area (Å²) in [5, 5.41) is 4.97. The average molecular weight is 366 g/mol. The summed E-state index contributed by atoms with van der Waals surface area (Å²) in [7, 11) is -0.938. The lowest BCUT2D eigenvalue weighted by Gasteiger charge is -2.09. The van der Waals surface area contributed by atoms with E-state index in [1.807, 2.05) is 18.2 Å². The van der Waals surface area contributed by atoms with Gasteiger partial charge in [0.25, 0.3) is 0 Å². The van der Waals surface area contributed by atoms with Gasteiger partial charge in [-0.15, -0.1) is 11.3 Å². The number of benzene rings is 1. The second-order valence-electron chi connectivity index (χ2n) is 5.16. The normalized spacial score (nSPS) is 12.5. The third-order valence-corrected chi connectivity index (χ3v) is 5.67. The Morgan fingerprint density at radius 3 is 2.87 bits per heavy atom. The molecule has 3 rings (SSSR count). The summed E-state index contributed by atoms with van der Waals surface area (Å²) in [4.78, 5) is 10.9. The molecule has 0 saturated carbocycles. The molecule has 120 valence electrons. The number of nitrogens with one attached hydrogen (secondary N) is 1. The fraction of sp³-hybridized carbons (Fsp3) is 0.250. The van der Waals surface area contributed by atoms with Gasteiger partial charge in [-0.25, -0.2) is 9.97 Å². The number of nitrogens with zero attached hydrogens (tertiary/aromatic N) is 2. The van der Waals surface area contributed by atoms with Gasteiger partial charge in [-0.1, -0.05) is 18.5 Å². The number of aryl methyl sites for hydroxylation is 1. The highest BCUT2D eigenvalue weighted by molar-refractivity contribution is 7.83. The Labute approximate surface area is 146 Å². The van der Waals surface area contributed by atoms with Gasteiger partial charge in [0.15, 0.2) is 0 Å². The molecule has 0 aliphatic heterocycles. The van der Waals surface area contributed by atoms with Crippen molar-refractivity contribution in [1.29, 1.82) is 0 Å². The third kappa shape index (κ3) is 3.71. The molecule has 4 nitrogen and oxygen atoms in total. The number of thiophene rings is 1. The summed E-state index contributed by atoms with van der Waals surface area (Å²) in [5.74, 6) is 1.21. The van der Waals surface area contributed by atoms with Crippen molar-refractivity contribution in [2.24, 2.45) is 0 Å². The average Bonchev–Trinajstić information content (AvgIpc) is 2.94. The van der Waals surface area contributed by atoms with E-state index in [1.54, 1.807) is 23.9 Å². The molecule has 1 atom stereocenters. The first kappa shape index (κ1) is 16.4. The van der Waals surface area contributed by atoms with Gasteiger partial charge in [-0.05, 0) is 36.2 Å². The predicted octanol–water partition coefficient (Wildman–Crippen LogP) is 4.53. The zero-order valence-electron chi connectivity index (χ0n) is 12.8. The quantitative estimate of drug-likeness (QED) is 0.721. The van der Waals surface area contributed by atoms with Crippen molar-refractivity contribution in [3.8, 4) is 0 Å². The van der Waals surface area contributed by atoms with Crippen LogP contribution in [0.1, 0.15) is 17.4 Å². The van der Waals surface area contributed by atoms with Crippen molar-refractivity contribution in [3.05, 3.63) is 46.1 Å². The first-order chi connectivity index (χ1) is 11.1. The van der Waals surface area contributed by atoms with Gasteiger partial charge in [0, 0.05) is 38.4 Å². The number of hydrogen-bond acceptors (Lipinski definition) is 5. The van der Waals surface area contributed by atoms with Crippen molar-refractivity contribution >= 4 is 55.5 Å². The molecule has 0 spiro atoms. The van der Waals surface area contributed by atoms with E-state index in [1.165, 1.54) is 4.88 Å². The van der Waals surface area contributed by atoms with Crippen LogP contribution in [0.2, 0.25) is 5.02 Å². The molecular formula is C16H16ClN3OS2. The molecule has 3 aromatic rings. The molecular weight excluding hydrogens is 350 g/mol. The predicted molar refractivity (Wildman–Crippen MR) is 99.3 cm³/mol. The first-order valence-electron chi connectivity index (χ1n) is 7.15. The van der Waals surface area contributed by atoms with Crippen LogP contribution in [0.3, 0.4) is 0 Å². The van der Waals surface area contributed by atoms with Crippen LogP contribution in [0.5, 0.6) is 0 Å². The summed E-state index contributed by atoms with van der Waals surface area (Å²) in [6.07, 6.45) is 4.22. The molecule has 7 heteroatoms. The third-order valence-electron chi connectivity index (χ3n) is 3.40. The van der Waals surface area contributed by atoms with Crippen LogP contribution < -0.4 is 5.32 Å². The molecule has 0 amide bonds. The zero-order chi connectivity index (χ0) is 16.4. The lowest BCUT2D eigenvalue weighted by atomic mass is 10.2. The summed E-state index contributed by atoms with van der Waals surface area (Å²) in [5.41, 5.74) is 1.74. The van der Waals surface area contributed by atoms with Gasteiger partial charge >= 0.3 is 0 Å². The summed E-state index contributed by atoms with van der Waals surface area (Å²) >= 11 is 7.86. The van der Waals surface area contributed by atoms with E-state index in [0.29, 0.717) is 10.8 Å². The minimum absolute atomic E-state index is 0.436. The van der Waals surface area contributed by atoms with E-state index in [9.17, 15) is 4.21 Å². The zero-order valence-corrected chi connectivity index (χ0v) is 15.2. The SMILES string of the molecule is CCc1cc2c(Nc3ccc(Cl)c(CS(C)=O)c3)ncnc2s1. The number of fused-ring (bicyclic) bond motifs is 1. The molecule has 23 heavy (non-hydrogen) atoms. The van der Waals surface area contributed by atoms with Crippen LogP contribution in [-0.2, 0) is 23.0 Å². The monoisotopic (exact) mass is 365 g/mol. The molecule has 1 N–H and O–H groups in total. The number of rotatable bonds is 5. The lowest BCUT2D eigenvalue weighted by molar-refractivity contribution is 0.686. The maximum atomic E-state index is 11.5. The topological polar surface area (TPSA) is 54.9 Å². The van der Waals surface area contributed by atoms with E-state index < -0.39 is 10.8 Å². The second kappa shape index (κ2) is 6.95. The van der Waals surface area contributed by atoms with Crippen LogP contribution in [0.4, 0.5) is 11.5 Å². The van der Waals surface area contributed by atoms with Crippen molar-refractivity contribution in [2.45, 2.75) is 19.1 Å². The van der Waals surface area contributed by atoms with E-state index >= 15 is 0 Å². The van der Waals surface area contributed by atoms with E-state index in [4.69, 9.17) is 11.6 Å². The minimum Gasteiger partial charge on any atom is -0.340 e. The van der Waals surface area contributed by atoms with Gasteiger partial charge in [0.1, 0.15) is 17.0 Å². The number of hydrogen-bond donors (Lipinski definition) is 1. The molecule has 2 aromatic heterocycles. The maximum Gasteiger partial charge on any atom is 0.142 e. The van der Waals surface area contributed by atoms with Gasteiger partial charge < -0.3 is 5.32 Å². The van der Waals surface area contributed by atoms with Gasteiger partial charge in [-0.3, -0.25) is 4.21 Å². The fourth-order valence-corrected chi connectivity index (χ4v) is 4.17. The molecule has 0 aliphatic carbocycles. The highest BCUT2D eigenvalue weighted by atomic mass is 35.5. The van der Waals surface area contributed by atoms with Crippen LogP contribution in [0.25, 0.3) is 10.2 Å². The van der Waals surface area contributed by atoms with Gasteiger partial charge in [-0.2, -0.15) is 0 Å². The van der Waals surface area contributed by atoms with E-state index in [-0.39, 0.29) is 0 Å². The van der Waals surface area contributed by atoms with Crippen molar-refractivity contribution in [1.82, 2.24) is 9.97 Å². The fourth-order valence-electron chi connectivity index (χ4n) is 2.30. The van der Waals surface area contributed by atoms with Crippen molar-refractivity contribution < 1.29 is 4.21 Å². The van der Waals surface area contributed by atoms with Crippen LogP contribution in [0, 0.1) is 0 Å². The molecule has 1 unspecified atom stereocenters. The Bertz CT molecular complexity index is 879. The van der Waals surface area contributed by atoms with Gasteiger partial charge in [0.05, 0.1) is 5.39 Å². The first-order valence-corrected chi connectivity index (χ1v) is 10.1. The molecule has 0 bridgehead atoms. The van der Waals surface area contributed by atoms with Crippen molar-refractivity contribution in [3.63, 3.8) is 0 Å². The molecule has 0 aliphatic rings. The van der Waals surface area contributed by atoms with E-state index in [0.717, 1.165) is 33.7 Å². The molecule has 1 aromatic carbocycles. The van der Waals surface area contributed by atoms with Crippen LogP contribution in [0.15, 0.2) is 30.6 Å². The summed E-state index contributed by atoms with van der Waals surface area (Å²) in [6.45, 7) is 2.13. The Balaban J connectivity index is 1.95. The lowest BCUT2D eigenvalue weighted by Crippen LogP contribution is -1.98. The summed E-state index contributed by atoms with van der Waals surface area (Å²) < 4.78 is 11.5. The molecule has 0 radical (unpaired) electrons. The number of anilines is 2. The van der Waals surface area contributed by atoms with Gasteiger partial charge in [0.2, 0.25) is 0 Å². The van der Waals surface area contributed by atoms with Crippen LogP contribution in [-0.4, -0.2) is 20.4 Å². The van der Waals surface area contributed by atoms with Crippen LogP contribution >= 0.6 is 22.9 Å². The second-order valence-corrected chi connectivity index (χ2v) is 8.11.